The van der Waals surface area contributed by atoms with E-state index in [1.807, 2.05) is 11.9 Å². The molecular weight excluding hydrogens is 183 g/mol. The minimum atomic E-state index is -3.30. The number of rotatable bonds is 2. The van der Waals surface area contributed by atoms with Crippen molar-refractivity contribution in [3.05, 3.63) is 0 Å². The molecule has 1 N–H and O–H groups in total. The lowest BCUT2D eigenvalue weighted by Gasteiger charge is -2.34. The summed E-state index contributed by atoms with van der Waals surface area (Å²) in [5.74, 6) is -4.23. The maximum atomic E-state index is 13.0. The van der Waals surface area contributed by atoms with Crippen molar-refractivity contribution in [2.75, 3.05) is 20.1 Å². The number of alkyl halides is 3. The molecule has 1 heterocycles. The van der Waals surface area contributed by atoms with Crippen LogP contribution in [-0.2, 0) is 0 Å². The van der Waals surface area contributed by atoms with E-state index in [2.05, 4.69) is 0 Å². The van der Waals surface area contributed by atoms with Gasteiger partial charge in [0.05, 0.1) is 0 Å². The Morgan fingerprint density at radius 2 is 1.85 bits per heavy atom. The maximum Gasteiger partial charge on any atom is 0.296 e. The fraction of sp³-hybridized carbons (Fsp3) is 1.00. The number of likely N-dealkylation sites (tertiary alicyclic amines) is 1. The van der Waals surface area contributed by atoms with Crippen LogP contribution in [0.3, 0.4) is 0 Å². The molecule has 0 aromatic carbocycles. The van der Waals surface area contributed by atoms with Crippen LogP contribution in [0.5, 0.6) is 0 Å². The average molecular weight is 197 g/mol. The topological polar surface area (TPSA) is 23.5 Å². The maximum absolute atomic E-state index is 13.0. The Bertz CT molecular complexity index is 167. The number of aliphatic hydroxyl groups is 1. The first-order chi connectivity index (χ1) is 5.94. The Morgan fingerprint density at radius 3 is 2.23 bits per heavy atom. The number of nitrogens with zero attached hydrogens (tertiary/aromatic N) is 1. The molecule has 0 aliphatic carbocycles. The Kier molecular flexibility index (Phi) is 3.18. The van der Waals surface area contributed by atoms with E-state index < -0.39 is 18.2 Å². The van der Waals surface area contributed by atoms with Gasteiger partial charge in [0.25, 0.3) is 12.3 Å². The van der Waals surface area contributed by atoms with Crippen molar-refractivity contribution in [2.24, 2.45) is 5.92 Å². The average Bonchev–Trinajstić information content (AvgIpc) is 2.04. The van der Waals surface area contributed by atoms with Gasteiger partial charge in [-0.1, -0.05) is 0 Å². The second-order valence-electron chi connectivity index (χ2n) is 3.61. The number of halogens is 3. The number of hydrogen-bond donors (Lipinski definition) is 1. The summed E-state index contributed by atoms with van der Waals surface area (Å²) in [6, 6.07) is 0. The fourth-order valence-corrected chi connectivity index (χ4v) is 1.59. The van der Waals surface area contributed by atoms with Crippen molar-refractivity contribution in [3.63, 3.8) is 0 Å². The Balaban J connectivity index is 2.52. The summed E-state index contributed by atoms with van der Waals surface area (Å²) < 4.78 is 37.1. The summed E-state index contributed by atoms with van der Waals surface area (Å²) in [7, 11) is 1.84. The molecule has 1 saturated heterocycles. The summed E-state index contributed by atoms with van der Waals surface area (Å²) in [5, 5.41) is 8.87. The van der Waals surface area contributed by atoms with Crippen LogP contribution in [0.15, 0.2) is 0 Å². The van der Waals surface area contributed by atoms with Crippen molar-refractivity contribution in [2.45, 2.75) is 25.1 Å². The predicted octanol–water partition coefficient (Wildman–Crippen LogP) is 1.25. The van der Waals surface area contributed by atoms with Gasteiger partial charge in [-0.15, -0.1) is 0 Å². The summed E-state index contributed by atoms with van der Waals surface area (Å²) in [4.78, 5) is 1.93. The molecule has 1 unspecified atom stereocenters. The van der Waals surface area contributed by atoms with Gasteiger partial charge in [-0.05, 0) is 33.0 Å². The van der Waals surface area contributed by atoms with E-state index in [9.17, 15) is 13.2 Å². The van der Waals surface area contributed by atoms with E-state index in [4.69, 9.17) is 5.11 Å². The van der Waals surface area contributed by atoms with E-state index in [1.165, 1.54) is 0 Å². The van der Waals surface area contributed by atoms with Crippen LogP contribution in [0.25, 0.3) is 0 Å². The summed E-state index contributed by atoms with van der Waals surface area (Å²) in [5.41, 5.74) is 0. The van der Waals surface area contributed by atoms with Gasteiger partial charge in [0, 0.05) is 5.92 Å². The first-order valence-corrected chi connectivity index (χ1v) is 4.32. The van der Waals surface area contributed by atoms with Gasteiger partial charge < -0.3 is 10.0 Å². The van der Waals surface area contributed by atoms with E-state index in [0.29, 0.717) is 13.1 Å². The van der Waals surface area contributed by atoms with E-state index in [1.54, 1.807) is 0 Å². The second-order valence-corrected chi connectivity index (χ2v) is 3.61. The predicted molar refractivity (Wildman–Crippen MR) is 42.3 cm³/mol. The smallest absolute Gasteiger partial charge is 0.296 e. The zero-order valence-corrected chi connectivity index (χ0v) is 7.51. The molecule has 1 aliphatic rings. The molecular formula is C8H14F3NO. The van der Waals surface area contributed by atoms with Crippen molar-refractivity contribution < 1.29 is 18.3 Å². The summed E-state index contributed by atoms with van der Waals surface area (Å²) in [6.07, 6.45) is -2.73. The third-order valence-corrected chi connectivity index (χ3v) is 2.60. The summed E-state index contributed by atoms with van der Waals surface area (Å²) in [6.45, 7) is 1.12. The monoisotopic (exact) mass is 197 g/mol. The molecule has 2 nitrogen and oxygen atoms in total. The molecule has 0 saturated carbocycles. The van der Waals surface area contributed by atoms with Gasteiger partial charge in [0.2, 0.25) is 0 Å². The van der Waals surface area contributed by atoms with Crippen LogP contribution in [0.1, 0.15) is 12.8 Å². The first-order valence-electron chi connectivity index (χ1n) is 4.32. The van der Waals surface area contributed by atoms with Crippen molar-refractivity contribution >= 4 is 0 Å². The Morgan fingerprint density at radius 1 is 1.38 bits per heavy atom. The van der Waals surface area contributed by atoms with Crippen molar-refractivity contribution in [3.8, 4) is 0 Å². The zero-order valence-electron chi connectivity index (χ0n) is 7.51. The molecule has 0 bridgehead atoms. The van der Waals surface area contributed by atoms with Crippen LogP contribution in [0.2, 0.25) is 0 Å². The molecule has 5 heteroatoms. The Hall–Kier alpha value is -0.290. The van der Waals surface area contributed by atoms with Gasteiger partial charge >= 0.3 is 0 Å². The molecule has 0 amide bonds. The van der Waals surface area contributed by atoms with Gasteiger partial charge in [-0.3, -0.25) is 0 Å². The SMILES string of the molecule is CN1CCC(C(O)(F)C(F)F)CC1. The van der Waals surface area contributed by atoms with E-state index in [0.717, 1.165) is 0 Å². The lowest BCUT2D eigenvalue weighted by molar-refractivity contribution is -0.226. The largest absolute Gasteiger partial charge is 0.357 e. The molecule has 0 spiro atoms. The highest BCUT2D eigenvalue weighted by Gasteiger charge is 2.46. The standard InChI is InChI=1S/C8H14F3NO/c1-12-4-2-6(3-5-12)8(11,13)7(9)10/h6-7,13H,2-5H2,1H3. The molecule has 1 atom stereocenters. The van der Waals surface area contributed by atoms with Gasteiger partial charge in [0.15, 0.2) is 0 Å². The highest BCUT2D eigenvalue weighted by molar-refractivity contribution is 4.83. The van der Waals surface area contributed by atoms with Crippen LogP contribution >= 0.6 is 0 Å². The molecule has 1 rings (SSSR count). The second kappa shape index (κ2) is 3.84. The number of hydrogen-bond acceptors (Lipinski definition) is 2. The third-order valence-electron chi connectivity index (χ3n) is 2.60. The minimum absolute atomic E-state index is 0.286. The first kappa shape index (κ1) is 10.8. The molecule has 0 aromatic heterocycles. The third kappa shape index (κ3) is 2.34. The van der Waals surface area contributed by atoms with E-state index in [-0.39, 0.29) is 12.8 Å². The molecule has 1 fully saturated rings. The highest BCUT2D eigenvalue weighted by Crippen LogP contribution is 2.33. The lowest BCUT2D eigenvalue weighted by atomic mass is 9.90. The van der Waals surface area contributed by atoms with Crippen LogP contribution in [0.4, 0.5) is 13.2 Å². The fourth-order valence-electron chi connectivity index (χ4n) is 1.59. The quantitative estimate of drug-likeness (QED) is 0.720. The minimum Gasteiger partial charge on any atom is -0.357 e. The molecule has 13 heavy (non-hydrogen) atoms. The van der Waals surface area contributed by atoms with Gasteiger partial charge in [0.1, 0.15) is 0 Å². The van der Waals surface area contributed by atoms with Crippen LogP contribution in [-0.4, -0.2) is 42.4 Å². The van der Waals surface area contributed by atoms with Crippen LogP contribution < -0.4 is 0 Å². The molecule has 78 valence electrons. The Labute approximate surface area is 75.3 Å². The molecule has 0 radical (unpaired) electrons. The van der Waals surface area contributed by atoms with Crippen molar-refractivity contribution in [1.29, 1.82) is 0 Å². The number of piperidine rings is 1. The van der Waals surface area contributed by atoms with Gasteiger partial charge in [-0.2, -0.15) is 0 Å². The van der Waals surface area contributed by atoms with Crippen LogP contribution in [0, 0.1) is 5.92 Å². The van der Waals surface area contributed by atoms with E-state index >= 15 is 0 Å². The normalized spacial score (nSPS) is 26.3. The highest BCUT2D eigenvalue weighted by atomic mass is 19.3. The van der Waals surface area contributed by atoms with Crippen molar-refractivity contribution in [1.82, 2.24) is 4.90 Å². The molecule has 1 aliphatic heterocycles. The van der Waals surface area contributed by atoms with Gasteiger partial charge in [-0.25, -0.2) is 13.2 Å². The summed E-state index contributed by atoms with van der Waals surface area (Å²) >= 11 is 0. The molecule has 0 aromatic rings. The lowest BCUT2D eigenvalue weighted by Crippen LogP contribution is -2.45. The zero-order chi connectivity index (χ0) is 10.1.